The quantitative estimate of drug-likeness (QED) is 0.908. The summed E-state index contributed by atoms with van der Waals surface area (Å²) in [5, 5.41) is 0. The Hall–Kier alpha value is -0.900. The number of benzene rings is 1. The second-order valence-electron chi connectivity index (χ2n) is 5.98. The summed E-state index contributed by atoms with van der Waals surface area (Å²) < 4.78 is 11.8. The lowest BCUT2D eigenvalue weighted by Gasteiger charge is -2.39. The molecule has 1 aromatic carbocycles. The molecule has 0 atom stereocenters. The van der Waals surface area contributed by atoms with Gasteiger partial charge in [-0.3, -0.25) is 0 Å². The zero-order valence-electron chi connectivity index (χ0n) is 12.2. The maximum Gasteiger partial charge on any atom is 0.207 e. The van der Waals surface area contributed by atoms with Crippen LogP contribution < -0.4 is 5.73 Å². The van der Waals surface area contributed by atoms with Gasteiger partial charge in [0.1, 0.15) is 0 Å². The molecule has 1 heterocycles. The first kappa shape index (κ1) is 14.5. The van der Waals surface area contributed by atoms with Gasteiger partial charge in [-0.15, -0.1) is 0 Å². The number of rotatable bonds is 4. The predicted octanol–water partition coefficient (Wildman–Crippen LogP) is 2.68. The van der Waals surface area contributed by atoms with Crippen LogP contribution in [0.15, 0.2) is 24.3 Å². The van der Waals surface area contributed by atoms with Gasteiger partial charge in [0.2, 0.25) is 5.79 Å². The molecule has 19 heavy (non-hydrogen) atoms. The summed E-state index contributed by atoms with van der Waals surface area (Å²) in [5.74, 6) is 0.348. The largest absolute Gasteiger partial charge is 0.344 e. The molecule has 0 saturated carbocycles. The van der Waals surface area contributed by atoms with E-state index in [1.807, 2.05) is 0 Å². The summed E-state index contributed by atoms with van der Waals surface area (Å²) in [7, 11) is 0. The van der Waals surface area contributed by atoms with Crippen molar-refractivity contribution in [3.8, 4) is 0 Å². The van der Waals surface area contributed by atoms with Crippen LogP contribution >= 0.6 is 0 Å². The minimum absolute atomic E-state index is 0.350. The molecule has 3 nitrogen and oxygen atoms in total. The van der Waals surface area contributed by atoms with E-state index >= 15 is 0 Å². The Labute approximate surface area is 116 Å². The maximum absolute atomic E-state index is 5.89. The fraction of sp³-hybridized carbons (Fsp3) is 0.625. The Morgan fingerprint density at radius 2 is 1.79 bits per heavy atom. The molecule has 0 amide bonds. The van der Waals surface area contributed by atoms with Crippen molar-refractivity contribution in [3.05, 3.63) is 35.4 Å². The van der Waals surface area contributed by atoms with Crippen molar-refractivity contribution in [2.24, 2.45) is 17.6 Å². The van der Waals surface area contributed by atoms with E-state index in [0.29, 0.717) is 31.6 Å². The van der Waals surface area contributed by atoms with E-state index < -0.39 is 5.79 Å². The monoisotopic (exact) mass is 263 g/mol. The molecule has 2 N–H and O–H groups in total. The highest BCUT2D eigenvalue weighted by atomic mass is 16.7. The smallest absolute Gasteiger partial charge is 0.207 e. The SMILES string of the molecule is CC(C)Cc1ccc(C2(CN)OCC(C)CO2)cc1. The van der Waals surface area contributed by atoms with E-state index in [4.69, 9.17) is 15.2 Å². The van der Waals surface area contributed by atoms with E-state index in [1.54, 1.807) is 0 Å². The Morgan fingerprint density at radius 1 is 1.21 bits per heavy atom. The van der Waals surface area contributed by atoms with Gasteiger partial charge in [-0.25, -0.2) is 0 Å². The van der Waals surface area contributed by atoms with Crippen LogP contribution in [0.5, 0.6) is 0 Å². The van der Waals surface area contributed by atoms with Crippen molar-refractivity contribution < 1.29 is 9.47 Å². The van der Waals surface area contributed by atoms with E-state index in [0.717, 1.165) is 12.0 Å². The molecule has 3 heteroatoms. The summed E-state index contributed by atoms with van der Waals surface area (Å²) in [6.45, 7) is 8.32. The van der Waals surface area contributed by atoms with Crippen molar-refractivity contribution in [1.29, 1.82) is 0 Å². The van der Waals surface area contributed by atoms with Crippen molar-refractivity contribution >= 4 is 0 Å². The van der Waals surface area contributed by atoms with Crippen LogP contribution in [-0.2, 0) is 21.7 Å². The Balaban J connectivity index is 2.15. The zero-order chi connectivity index (χ0) is 13.9. The van der Waals surface area contributed by atoms with Gasteiger partial charge in [-0.2, -0.15) is 0 Å². The van der Waals surface area contributed by atoms with E-state index in [9.17, 15) is 0 Å². The third-order valence-electron chi connectivity index (χ3n) is 3.51. The summed E-state index contributed by atoms with van der Waals surface area (Å²) in [4.78, 5) is 0. The van der Waals surface area contributed by atoms with Gasteiger partial charge in [-0.1, -0.05) is 45.0 Å². The minimum atomic E-state index is -0.747. The second-order valence-corrected chi connectivity index (χ2v) is 5.98. The van der Waals surface area contributed by atoms with Gasteiger partial charge in [0.25, 0.3) is 0 Å². The molecule has 1 aliphatic heterocycles. The van der Waals surface area contributed by atoms with Gasteiger partial charge in [-0.05, 0) is 17.9 Å². The van der Waals surface area contributed by atoms with Gasteiger partial charge in [0, 0.05) is 11.5 Å². The molecule has 1 aromatic rings. The maximum atomic E-state index is 5.89. The first-order valence-electron chi connectivity index (χ1n) is 7.13. The number of ether oxygens (including phenoxy) is 2. The first-order valence-corrected chi connectivity index (χ1v) is 7.13. The molecule has 0 unspecified atom stereocenters. The highest BCUT2D eigenvalue weighted by Gasteiger charge is 2.37. The zero-order valence-corrected chi connectivity index (χ0v) is 12.2. The van der Waals surface area contributed by atoms with Gasteiger partial charge < -0.3 is 15.2 Å². The number of nitrogens with two attached hydrogens (primary N) is 1. The summed E-state index contributed by atoms with van der Waals surface area (Å²) in [6.07, 6.45) is 1.09. The third kappa shape index (κ3) is 3.35. The molecule has 1 fully saturated rings. The standard InChI is InChI=1S/C16H25NO2/c1-12(2)8-14-4-6-15(7-5-14)16(11-17)18-9-13(3)10-19-16/h4-7,12-13H,8-11,17H2,1-3H3. The predicted molar refractivity (Wildman–Crippen MR) is 76.8 cm³/mol. The Morgan fingerprint density at radius 3 is 2.26 bits per heavy atom. The summed E-state index contributed by atoms with van der Waals surface area (Å²) in [6, 6.07) is 8.47. The van der Waals surface area contributed by atoms with Crippen LogP contribution in [0, 0.1) is 11.8 Å². The molecule has 2 rings (SSSR count). The van der Waals surface area contributed by atoms with Crippen LogP contribution in [0.4, 0.5) is 0 Å². The van der Waals surface area contributed by atoms with Crippen LogP contribution in [0.25, 0.3) is 0 Å². The van der Waals surface area contributed by atoms with E-state index in [2.05, 4.69) is 45.0 Å². The average molecular weight is 263 g/mol. The molecular weight excluding hydrogens is 238 g/mol. The normalized spacial score (nSPS) is 27.7. The van der Waals surface area contributed by atoms with Crippen molar-refractivity contribution in [3.63, 3.8) is 0 Å². The van der Waals surface area contributed by atoms with E-state index in [-0.39, 0.29) is 0 Å². The molecule has 0 aromatic heterocycles. The van der Waals surface area contributed by atoms with Crippen molar-refractivity contribution in [2.45, 2.75) is 33.0 Å². The van der Waals surface area contributed by atoms with Crippen LogP contribution in [0.3, 0.4) is 0 Å². The summed E-state index contributed by atoms with van der Waals surface area (Å²) >= 11 is 0. The highest BCUT2D eigenvalue weighted by Crippen LogP contribution is 2.31. The highest BCUT2D eigenvalue weighted by molar-refractivity contribution is 5.27. The second kappa shape index (κ2) is 6.04. The lowest BCUT2D eigenvalue weighted by Crippen LogP contribution is -2.46. The third-order valence-corrected chi connectivity index (χ3v) is 3.51. The van der Waals surface area contributed by atoms with Gasteiger partial charge in [0.15, 0.2) is 0 Å². The molecule has 106 valence electrons. The van der Waals surface area contributed by atoms with Crippen LogP contribution in [0.2, 0.25) is 0 Å². The fourth-order valence-electron chi connectivity index (χ4n) is 2.41. The lowest BCUT2D eigenvalue weighted by molar-refractivity contribution is -0.284. The molecule has 0 bridgehead atoms. The van der Waals surface area contributed by atoms with Crippen LogP contribution in [-0.4, -0.2) is 19.8 Å². The average Bonchev–Trinajstić information content (AvgIpc) is 2.40. The topological polar surface area (TPSA) is 44.5 Å². The molecule has 0 aliphatic carbocycles. The van der Waals surface area contributed by atoms with Crippen molar-refractivity contribution in [2.75, 3.05) is 19.8 Å². The van der Waals surface area contributed by atoms with Crippen LogP contribution in [0.1, 0.15) is 31.9 Å². The van der Waals surface area contributed by atoms with Crippen molar-refractivity contribution in [1.82, 2.24) is 0 Å². The Bertz CT molecular complexity index is 392. The van der Waals surface area contributed by atoms with Gasteiger partial charge >= 0.3 is 0 Å². The van der Waals surface area contributed by atoms with E-state index in [1.165, 1.54) is 5.56 Å². The summed E-state index contributed by atoms with van der Waals surface area (Å²) in [5.41, 5.74) is 8.25. The number of hydrogen-bond donors (Lipinski definition) is 1. The molecule has 0 spiro atoms. The first-order chi connectivity index (χ1) is 9.05. The molecule has 0 radical (unpaired) electrons. The van der Waals surface area contributed by atoms with Gasteiger partial charge in [0.05, 0.1) is 19.8 Å². The Kier molecular flexibility index (Phi) is 4.61. The number of hydrogen-bond acceptors (Lipinski definition) is 3. The molecular formula is C16H25NO2. The minimum Gasteiger partial charge on any atom is -0.344 e. The lowest BCUT2D eigenvalue weighted by atomic mass is 9.98. The fourth-order valence-corrected chi connectivity index (χ4v) is 2.41. The molecule has 1 aliphatic rings. The molecule has 1 saturated heterocycles.